The molecule has 0 bridgehead atoms. The molecule has 11 heteroatoms. The first-order valence-corrected chi connectivity index (χ1v) is 12.2. The number of nitrogens with zero attached hydrogens (tertiary/aromatic N) is 1. The van der Waals surface area contributed by atoms with Gasteiger partial charge in [-0.05, 0) is 44.0 Å². The molecule has 0 fully saturated rings. The minimum absolute atomic E-state index is 0.00407. The zero-order valence-corrected chi connectivity index (χ0v) is 19.3. The van der Waals surface area contributed by atoms with E-state index < -0.39 is 27.4 Å². The zero-order chi connectivity index (χ0) is 23.3. The minimum Gasteiger partial charge on any atom is -0.487 e. The fourth-order valence-electron chi connectivity index (χ4n) is 3.71. The van der Waals surface area contributed by atoms with Gasteiger partial charge in [-0.3, -0.25) is 4.72 Å². The van der Waals surface area contributed by atoms with Crippen LogP contribution in [0, 0.1) is 0 Å². The van der Waals surface area contributed by atoms with Crippen LogP contribution in [0.4, 0.5) is 18.3 Å². The predicted octanol–water partition coefficient (Wildman–Crippen LogP) is 6.31. The van der Waals surface area contributed by atoms with Crippen LogP contribution in [0.3, 0.4) is 0 Å². The standard InChI is InChI=1S/C21H18ClF3N2O3S2/c1-20(2)11-16(14-5-3-12(9-17(14)22)21(23,24)25)15-6-4-13(10-18(15)30-20)32(28,29)27-19-26-7-8-31-19/h3-10,16H,11H2,1-2H3,(H,26,27). The van der Waals surface area contributed by atoms with Gasteiger partial charge >= 0.3 is 6.18 Å². The Morgan fingerprint density at radius 2 is 1.91 bits per heavy atom. The number of hydrogen-bond donors (Lipinski definition) is 1. The van der Waals surface area contributed by atoms with Crippen molar-refractivity contribution in [3.63, 3.8) is 0 Å². The van der Waals surface area contributed by atoms with Gasteiger partial charge in [0.15, 0.2) is 5.13 Å². The van der Waals surface area contributed by atoms with Crippen molar-refractivity contribution < 1.29 is 26.3 Å². The summed E-state index contributed by atoms with van der Waals surface area (Å²) >= 11 is 7.41. The van der Waals surface area contributed by atoms with Gasteiger partial charge in [0.1, 0.15) is 11.4 Å². The van der Waals surface area contributed by atoms with Gasteiger partial charge in [0.25, 0.3) is 10.0 Å². The molecule has 2 aromatic carbocycles. The summed E-state index contributed by atoms with van der Waals surface area (Å²) in [6.07, 6.45) is -2.56. The highest BCUT2D eigenvalue weighted by molar-refractivity contribution is 7.93. The van der Waals surface area contributed by atoms with Crippen molar-refractivity contribution in [2.45, 2.75) is 42.9 Å². The Bertz CT molecular complexity index is 1260. The van der Waals surface area contributed by atoms with Gasteiger partial charge in [-0.25, -0.2) is 13.4 Å². The average Bonchev–Trinajstić information content (AvgIpc) is 3.17. The van der Waals surface area contributed by atoms with Crippen LogP contribution in [-0.2, 0) is 16.2 Å². The van der Waals surface area contributed by atoms with Crippen molar-refractivity contribution in [1.29, 1.82) is 0 Å². The molecule has 1 aromatic heterocycles. The summed E-state index contributed by atoms with van der Waals surface area (Å²) in [6, 6.07) is 7.74. The molecule has 0 saturated heterocycles. The Labute approximate surface area is 192 Å². The summed E-state index contributed by atoms with van der Waals surface area (Å²) in [6.45, 7) is 3.66. The van der Waals surface area contributed by atoms with Crippen LogP contribution in [0.25, 0.3) is 0 Å². The molecule has 0 aliphatic carbocycles. The number of fused-ring (bicyclic) bond motifs is 1. The lowest BCUT2D eigenvalue weighted by molar-refractivity contribution is -0.137. The van der Waals surface area contributed by atoms with Crippen molar-refractivity contribution >= 4 is 38.1 Å². The van der Waals surface area contributed by atoms with E-state index in [0.29, 0.717) is 23.3 Å². The van der Waals surface area contributed by atoms with Gasteiger partial charge in [0.2, 0.25) is 0 Å². The van der Waals surface area contributed by atoms with Gasteiger partial charge < -0.3 is 4.74 Å². The number of halogens is 4. The number of alkyl halides is 3. The molecule has 0 spiro atoms. The van der Waals surface area contributed by atoms with E-state index >= 15 is 0 Å². The molecule has 0 saturated carbocycles. The molecule has 1 aliphatic rings. The molecule has 1 unspecified atom stereocenters. The number of hydrogen-bond acceptors (Lipinski definition) is 5. The van der Waals surface area contributed by atoms with Crippen LogP contribution < -0.4 is 9.46 Å². The van der Waals surface area contributed by atoms with E-state index in [1.165, 1.54) is 24.4 Å². The number of thiazole rings is 1. The molecule has 1 N–H and O–H groups in total. The third-order valence-electron chi connectivity index (χ3n) is 5.11. The molecule has 0 radical (unpaired) electrons. The second-order valence-electron chi connectivity index (χ2n) is 7.99. The number of nitrogens with one attached hydrogen (secondary N) is 1. The van der Waals surface area contributed by atoms with Gasteiger partial charge in [-0.15, -0.1) is 11.3 Å². The SMILES string of the molecule is CC1(C)CC(c2ccc(C(F)(F)F)cc2Cl)c2ccc(S(=O)(=O)Nc3nccs3)cc2O1. The minimum atomic E-state index is -4.50. The molecule has 5 nitrogen and oxygen atoms in total. The summed E-state index contributed by atoms with van der Waals surface area (Å²) in [5.74, 6) is -0.0311. The van der Waals surface area contributed by atoms with Crippen LogP contribution in [-0.4, -0.2) is 19.0 Å². The van der Waals surface area contributed by atoms with Gasteiger partial charge in [0, 0.05) is 34.1 Å². The molecule has 2 heterocycles. The second-order valence-corrected chi connectivity index (χ2v) is 11.0. The Kier molecular flexibility index (Phi) is 5.67. The summed E-state index contributed by atoms with van der Waals surface area (Å²) in [7, 11) is -3.90. The molecular weight excluding hydrogens is 485 g/mol. The van der Waals surface area contributed by atoms with E-state index in [1.807, 2.05) is 13.8 Å². The van der Waals surface area contributed by atoms with Crippen LogP contribution in [0.1, 0.15) is 42.9 Å². The molecule has 32 heavy (non-hydrogen) atoms. The first-order chi connectivity index (χ1) is 14.9. The van der Waals surface area contributed by atoms with Crippen LogP contribution >= 0.6 is 22.9 Å². The number of benzene rings is 2. The lowest BCUT2D eigenvalue weighted by atomic mass is 9.80. The molecule has 4 rings (SSSR count). The molecule has 3 aromatic rings. The van der Waals surface area contributed by atoms with Crippen molar-refractivity contribution in [3.05, 3.63) is 69.7 Å². The second kappa shape index (κ2) is 7.93. The molecular formula is C21H18ClF3N2O3S2. The normalized spacial score (nSPS) is 18.0. The Hall–Kier alpha value is -2.30. The summed E-state index contributed by atoms with van der Waals surface area (Å²) < 4.78 is 73.1. The van der Waals surface area contributed by atoms with Crippen molar-refractivity contribution in [1.82, 2.24) is 4.98 Å². The first-order valence-electron chi connectivity index (χ1n) is 9.48. The Morgan fingerprint density at radius 3 is 2.53 bits per heavy atom. The van der Waals surface area contributed by atoms with E-state index in [0.717, 1.165) is 23.5 Å². The Morgan fingerprint density at radius 1 is 1.19 bits per heavy atom. The lowest BCUT2D eigenvalue weighted by Gasteiger charge is -2.38. The summed E-state index contributed by atoms with van der Waals surface area (Å²) in [5, 5.41) is 1.88. The predicted molar refractivity (Wildman–Crippen MR) is 117 cm³/mol. The highest BCUT2D eigenvalue weighted by Crippen LogP contribution is 2.47. The van der Waals surface area contributed by atoms with Crippen molar-refractivity contribution in [2.24, 2.45) is 0 Å². The van der Waals surface area contributed by atoms with Crippen LogP contribution in [0.2, 0.25) is 5.02 Å². The maximum atomic E-state index is 13.1. The van der Waals surface area contributed by atoms with Crippen LogP contribution in [0.15, 0.2) is 52.9 Å². The topological polar surface area (TPSA) is 68.3 Å². The van der Waals surface area contributed by atoms with E-state index in [-0.39, 0.29) is 21.0 Å². The van der Waals surface area contributed by atoms with E-state index in [1.54, 1.807) is 11.4 Å². The highest BCUT2D eigenvalue weighted by Gasteiger charge is 2.37. The molecule has 1 atom stereocenters. The fourth-order valence-corrected chi connectivity index (χ4v) is 5.83. The lowest BCUT2D eigenvalue weighted by Crippen LogP contribution is -2.35. The zero-order valence-electron chi connectivity index (χ0n) is 16.9. The van der Waals surface area contributed by atoms with Crippen LogP contribution in [0.5, 0.6) is 5.75 Å². The quantitative estimate of drug-likeness (QED) is 0.454. The number of aromatic nitrogens is 1. The van der Waals surface area contributed by atoms with Gasteiger partial charge in [-0.2, -0.15) is 13.2 Å². The highest BCUT2D eigenvalue weighted by atomic mass is 35.5. The Balaban J connectivity index is 1.75. The van der Waals surface area contributed by atoms with Gasteiger partial charge in [-0.1, -0.05) is 23.7 Å². The summed E-state index contributed by atoms with van der Waals surface area (Å²) in [4.78, 5) is 3.91. The summed E-state index contributed by atoms with van der Waals surface area (Å²) in [5.41, 5.74) is -0.352. The van der Waals surface area contributed by atoms with E-state index in [2.05, 4.69) is 9.71 Å². The van der Waals surface area contributed by atoms with Crippen molar-refractivity contribution in [3.8, 4) is 5.75 Å². The third-order valence-corrected chi connectivity index (χ3v) is 7.59. The maximum absolute atomic E-state index is 13.1. The number of ether oxygens (including phenoxy) is 1. The molecule has 170 valence electrons. The fraction of sp³-hybridized carbons (Fsp3) is 0.286. The number of rotatable bonds is 4. The van der Waals surface area contributed by atoms with E-state index in [4.69, 9.17) is 16.3 Å². The third kappa shape index (κ3) is 4.57. The number of sulfonamides is 1. The number of anilines is 1. The average molecular weight is 503 g/mol. The monoisotopic (exact) mass is 502 g/mol. The van der Waals surface area contributed by atoms with Gasteiger partial charge in [0.05, 0.1) is 10.5 Å². The van der Waals surface area contributed by atoms with Crippen molar-refractivity contribution in [2.75, 3.05) is 4.72 Å². The smallest absolute Gasteiger partial charge is 0.416 e. The molecule has 1 aliphatic heterocycles. The first kappa shape index (κ1) is 22.9. The van der Waals surface area contributed by atoms with E-state index in [9.17, 15) is 21.6 Å². The molecule has 0 amide bonds. The largest absolute Gasteiger partial charge is 0.487 e. The maximum Gasteiger partial charge on any atom is 0.416 e.